The van der Waals surface area contributed by atoms with Gasteiger partial charge in [0.25, 0.3) is 0 Å². The number of aliphatic imine (C=N–C) groups is 1. The average molecular weight is 773 g/mol. The highest BCUT2D eigenvalue weighted by atomic mass is 15.3. The van der Waals surface area contributed by atoms with Crippen LogP contribution in [-0.4, -0.2) is 28.0 Å². The van der Waals surface area contributed by atoms with Gasteiger partial charge in [-0.3, -0.25) is 9.98 Å². The standard InChI is InChI=1S/C54H68N4/c1-32(2)50(33(3)4)47-31-57(41-27-39(53(11,12)13)26-40(28-41)54(14,15)16)51(56-47)37-21-35(6)22-42(25-37)58-48-18-17-34(5)23-44(48)45-24-36(7)43(30-49(45)58)46-29-38(19-20-55-46)52(8,9)10/h17-30,32-33,47,50H,31H2,1-16H3/t47-/m0/s1. The zero-order valence-corrected chi connectivity index (χ0v) is 38.4. The van der Waals surface area contributed by atoms with Crippen LogP contribution in [0.3, 0.4) is 0 Å². The normalized spacial score (nSPS) is 15.5. The number of nitrogens with zero attached hydrogens (tertiary/aromatic N) is 4. The number of amidine groups is 1. The summed E-state index contributed by atoms with van der Waals surface area (Å²) in [5, 5.41) is 2.54. The molecule has 4 aromatic carbocycles. The first kappa shape index (κ1) is 41.5. The Bertz CT molecular complexity index is 2500. The van der Waals surface area contributed by atoms with Crippen LogP contribution in [0.5, 0.6) is 0 Å². The second kappa shape index (κ2) is 14.8. The zero-order chi connectivity index (χ0) is 42.2. The van der Waals surface area contributed by atoms with Crippen molar-refractivity contribution in [1.82, 2.24) is 9.55 Å². The highest BCUT2D eigenvalue weighted by Gasteiger charge is 2.37. The van der Waals surface area contributed by atoms with Crippen LogP contribution in [0.25, 0.3) is 38.8 Å². The van der Waals surface area contributed by atoms with E-state index in [-0.39, 0.29) is 22.3 Å². The Morgan fingerprint density at radius 3 is 1.81 bits per heavy atom. The van der Waals surface area contributed by atoms with E-state index in [0.717, 1.165) is 29.3 Å². The molecule has 1 aliphatic rings. The zero-order valence-electron chi connectivity index (χ0n) is 38.4. The molecule has 4 heteroatoms. The quantitative estimate of drug-likeness (QED) is 0.162. The molecule has 1 aliphatic heterocycles. The molecule has 6 aromatic rings. The predicted molar refractivity (Wildman–Crippen MR) is 252 cm³/mol. The number of aromatic nitrogens is 2. The number of hydrogen-bond donors (Lipinski definition) is 0. The Labute approximate surface area is 349 Å². The molecule has 0 aliphatic carbocycles. The van der Waals surface area contributed by atoms with Gasteiger partial charge in [-0.2, -0.15) is 0 Å². The first-order chi connectivity index (χ1) is 27.0. The largest absolute Gasteiger partial charge is 0.324 e. The SMILES string of the molecule is Cc1cc(C2=N[C@H](C(C(C)C)C(C)C)CN2c2cc(C(C)(C)C)cc(C(C)(C)C)c2)cc(-n2c3ccc(C)cc3c3cc(C)c(-c4cc(C(C)(C)C)ccn4)cc32)c1. The van der Waals surface area contributed by atoms with Crippen LogP contribution in [0.1, 0.15) is 129 Å². The third kappa shape index (κ3) is 7.88. The second-order valence-corrected chi connectivity index (χ2v) is 21.2. The number of benzene rings is 4. The van der Waals surface area contributed by atoms with Crippen LogP contribution in [0.2, 0.25) is 0 Å². The molecule has 0 spiro atoms. The number of fused-ring (bicyclic) bond motifs is 3. The highest BCUT2D eigenvalue weighted by molar-refractivity contribution is 6.13. The Morgan fingerprint density at radius 1 is 0.586 bits per heavy atom. The minimum absolute atomic E-state index is 0.0109. The van der Waals surface area contributed by atoms with Gasteiger partial charge in [0.2, 0.25) is 0 Å². The fourth-order valence-electron chi connectivity index (χ4n) is 9.41. The van der Waals surface area contributed by atoms with E-state index in [0.29, 0.717) is 17.8 Å². The molecule has 304 valence electrons. The fourth-order valence-corrected chi connectivity index (χ4v) is 9.41. The lowest BCUT2D eigenvalue weighted by Gasteiger charge is -2.31. The van der Waals surface area contributed by atoms with Gasteiger partial charge in [0.15, 0.2) is 0 Å². The van der Waals surface area contributed by atoms with Gasteiger partial charge in [-0.25, -0.2) is 0 Å². The first-order valence-corrected chi connectivity index (χ1v) is 21.7. The molecule has 0 unspecified atom stereocenters. The molecule has 4 nitrogen and oxygen atoms in total. The Hall–Kier alpha value is -4.70. The summed E-state index contributed by atoms with van der Waals surface area (Å²) >= 11 is 0. The molecule has 0 saturated carbocycles. The summed E-state index contributed by atoms with van der Waals surface area (Å²) in [6.07, 6.45) is 1.97. The van der Waals surface area contributed by atoms with Crippen molar-refractivity contribution in [2.24, 2.45) is 22.7 Å². The number of aryl methyl sites for hydroxylation is 3. The molecule has 1 atom stereocenters. The van der Waals surface area contributed by atoms with Crippen LogP contribution in [0.15, 0.2) is 90.1 Å². The van der Waals surface area contributed by atoms with Gasteiger partial charge in [0.05, 0.1) is 22.8 Å². The number of anilines is 1. The van der Waals surface area contributed by atoms with E-state index in [4.69, 9.17) is 9.98 Å². The molecule has 0 saturated heterocycles. The molecule has 0 bridgehead atoms. The van der Waals surface area contributed by atoms with Crippen molar-refractivity contribution in [1.29, 1.82) is 0 Å². The van der Waals surface area contributed by atoms with Crippen LogP contribution in [0.4, 0.5) is 5.69 Å². The fraction of sp³-hybridized carbons (Fsp3) is 0.444. The Balaban J connectivity index is 1.47. The molecule has 0 radical (unpaired) electrons. The summed E-state index contributed by atoms with van der Waals surface area (Å²) in [6, 6.07) is 30.7. The summed E-state index contributed by atoms with van der Waals surface area (Å²) in [7, 11) is 0. The third-order valence-electron chi connectivity index (χ3n) is 12.6. The topological polar surface area (TPSA) is 33.4 Å². The number of rotatable bonds is 7. The van der Waals surface area contributed by atoms with Crippen molar-refractivity contribution in [3.05, 3.63) is 124 Å². The van der Waals surface area contributed by atoms with Gasteiger partial charge in [0, 0.05) is 46.0 Å². The molecule has 7 rings (SSSR count). The summed E-state index contributed by atoms with van der Waals surface area (Å²) in [5.41, 5.74) is 15.9. The molecule has 58 heavy (non-hydrogen) atoms. The van der Waals surface area contributed by atoms with Crippen LogP contribution >= 0.6 is 0 Å². The lowest BCUT2D eigenvalue weighted by molar-refractivity contribution is 0.247. The van der Waals surface area contributed by atoms with Crippen molar-refractivity contribution in [3.63, 3.8) is 0 Å². The van der Waals surface area contributed by atoms with Gasteiger partial charge >= 0.3 is 0 Å². The van der Waals surface area contributed by atoms with Crippen molar-refractivity contribution in [2.75, 3.05) is 11.4 Å². The summed E-state index contributed by atoms with van der Waals surface area (Å²) in [6.45, 7) is 37.8. The monoisotopic (exact) mass is 773 g/mol. The highest BCUT2D eigenvalue weighted by Crippen LogP contribution is 2.41. The molecular weight excluding hydrogens is 705 g/mol. The molecule has 0 amide bonds. The van der Waals surface area contributed by atoms with Gasteiger partial charge in [-0.15, -0.1) is 0 Å². The van der Waals surface area contributed by atoms with E-state index in [1.54, 1.807) is 0 Å². The van der Waals surface area contributed by atoms with Crippen molar-refractivity contribution >= 4 is 33.3 Å². The summed E-state index contributed by atoms with van der Waals surface area (Å²) < 4.78 is 2.48. The van der Waals surface area contributed by atoms with E-state index in [1.165, 1.54) is 66.4 Å². The van der Waals surface area contributed by atoms with E-state index < -0.39 is 0 Å². The van der Waals surface area contributed by atoms with E-state index in [1.807, 2.05) is 6.20 Å². The molecule has 0 fully saturated rings. The second-order valence-electron chi connectivity index (χ2n) is 21.2. The van der Waals surface area contributed by atoms with Crippen molar-refractivity contribution < 1.29 is 0 Å². The Kier molecular flexibility index (Phi) is 10.6. The van der Waals surface area contributed by atoms with Gasteiger partial charge < -0.3 is 9.47 Å². The van der Waals surface area contributed by atoms with Crippen LogP contribution in [0, 0.1) is 38.5 Å². The smallest absolute Gasteiger partial charge is 0.135 e. The minimum atomic E-state index is 0.0109. The van der Waals surface area contributed by atoms with Crippen LogP contribution in [-0.2, 0) is 16.2 Å². The number of hydrogen-bond acceptors (Lipinski definition) is 3. The first-order valence-electron chi connectivity index (χ1n) is 21.7. The maximum Gasteiger partial charge on any atom is 0.135 e. The molecule has 2 aromatic heterocycles. The average Bonchev–Trinajstić information content (AvgIpc) is 3.68. The Morgan fingerprint density at radius 2 is 1.21 bits per heavy atom. The summed E-state index contributed by atoms with van der Waals surface area (Å²) in [4.78, 5) is 13.2. The van der Waals surface area contributed by atoms with E-state index >= 15 is 0 Å². The van der Waals surface area contributed by atoms with Crippen LogP contribution < -0.4 is 4.90 Å². The maximum atomic E-state index is 5.76. The lowest BCUT2D eigenvalue weighted by atomic mass is 9.79. The molecule has 3 heterocycles. The molecular formula is C54H68N4. The summed E-state index contributed by atoms with van der Waals surface area (Å²) in [5.74, 6) is 2.58. The van der Waals surface area contributed by atoms with Crippen molar-refractivity contribution in [2.45, 2.75) is 133 Å². The third-order valence-corrected chi connectivity index (χ3v) is 12.6. The number of pyridine rings is 1. The van der Waals surface area contributed by atoms with Gasteiger partial charge in [0.1, 0.15) is 5.84 Å². The van der Waals surface area contributed by atoms with E-state index in [2.05, 4.69) is 199 Å². The lowest BCUT2D eigenvalue weighted by Crippen LogP contribution is -2.35. The molecule has 0 N–H and O–H groups in total. The van der Waals surface area contributed by atoms with E-state index in [9.17, 15) is 0 Å². The van der Waals surface area contributed by atoms with Gasteiger partial charge in [-0.05, 0) is 149 Å². The minimum Gasteiger partial charge on any atom is -0.324 e. The van der Waals surface area contributed by atoms with Crippen molar-refractivity contribution in [3.8, 4) is 16.9 Å². The van der Waals surface area contributed by atoms with Gasteiger partial charge in [-0.1, -0.05) is 108 Å². The maximum absolute atomic E-state index is 5.76. The predicted octanol–water partition coefficient (Wildman–Crippen LogP) is 14.2.